The van der Waals surface area contributed by atoms with Gasteiger partial charge in [0.25, 0.3) is 5.91 Å². The van der Waals surface area contributed by atoms with E-state index in [1.54, 1.807) is 0 Å². The van der Waals surface area contributed by atoms with Gasteiger partial charge in [-0.25, -0.2) is 0 Å². The average molecular weight is 309 g/mol. The fraction of sp³-hybridized carbons (Fsp3) is 0.364. The van der Waals surface area contributed by atoms with E-state index in [9.17, 15) is 26.4 Å². The summed E-state index contributed by atoms with van der Waals surface area (Å²) in [5.74, 6) is -0.807. The van der Waals surface area contributed by atoms with Crippen LogP contribution in [0.3, 0.4) is 0 Å². The maximum atomic E-state index is 12.2. The predicted molar refractivity (Wildman–Crippen MR) is 62.7 cm³/mol. The van der Waals surface area contributed by atoms with Gasteiger partial charge in [-0.15, -0.1) is 0 Å². The second-order valence-electron chi connectivity index (χ2n) is 4.16. The quantitative estimate of drug-likeness (QED) is 0.665. The smallest absolute Gasteiger partial charge is 0.376 e. The third-order valence-electron chi connectivity index (χ3n) is 2.72. The van der Waals surface area contributed by atoms with Crippen LogP contribution in [-0.4, -0.2) is 26.4 Å². The number of fused-ring (bicyclic) bond motifs is 1. The van der Waals surface area contributed by atoms with Crippen LogP contribution in [-0.2, 0) is 16.5 Å². The van der Waals surface area contributed by atoms with Crippen molar-refractivity contribution in [2.75, 3.05) is 6.54 Å². The van der Waals surface area contributed by atoms with E-state index >= 15 is 0 Å². The minimum atomic E-state index is -5.70. The maximum absolute atomic E-state index is 12.2. The van der Waals surface area contributed by atoms with Crippen LogP contribution < -0.4 is 9.50 Å². The van der Waals surface area contributed by atoms with Gasteiger partial charge in [0.05, 0.1) is 0 Å². The number of halogens is 3. The van der Waals surface area contributed by atoms with Crippen molar-refractivity contribution in [3.63, 3.8) is 0 Å². The normalized spacial score (nSPS) is 16.1. The lowest BCUT2D eigenvalue weighted by Gasteiger charge is -2.11. The molecular weight excluding hydrogens is 299 g/mol. The molecule has 0 aromatic heterocycles. The maximum Gasteiger partial charge on any atom is 0.534 e. The molecule has 0 saturated carbocycles. The molecule has 1 aromatic rings. The van der Waals surface area contributed by atoms with Crippen molar-refractivity contribution in [2.45, 2.75) is 18.3 Å². The summed E-state index contributed by atoms with van der Waals surface area (Å²) >= 11 is 0. The molecule has 0 spiro atoms. The number of amides is 1. The summed E-state index contributed by atoms with van der Waals surface area (Å²) < 4.78 is 62.4. The van der Waals surface area contributed by atoms with Crippen molar-refractivity contribution in [2.24, 2.45) is 0 Å². The van der Waals surface area contributed by atoms with E-state index in [1.807, 2.05) is 0 Å². The third-order valence-corrected chi connectivity index (χ3v) is 3.70. The molecule has 1 amide bonds. The SMILES string of the molecule is O=C1NCCCc2cc(OS(=O)(=O)C(F)(F)F)ccc21. The van der Waals surface area contributed by atoms with Crippen molar-refractivity contribution in [1.82, 2.24) is 5.32 Å². The number of hydrogen-bond acceptors (Lipinski definition) is 4. The van der Waals surface area contributed by atoms with E-state index in [-0.39, 0.29) is 5.91 Å². The van der Waals surface area contributed by atoms with Crippen LogP contribution >= 0.6 is 0 Å². The fourth-order valence-corrected chi connectivity index (χ4v) is 2.25. The highest BCUT2D eigenvalue weighted by Gasteiger charge is 2.48. The number of hydrogen-bond donors (Lipinski definition) is 1. The lowest BCUT2D eigenvalue weighted by atomic mass is 10.0. The van der Waals surface area contributed by atoms with Gasteiger partial charge in [0.15, 0.2) is 0 Å². The van der Waals surface area contributed by atoms with Gasteiger partial charge in [0.1, 0.15) is 5.75 Å². The topological polar surface area (TPSA) is 72.5 Å². The number of carbonyl (C=O) groups is 1. The molecule has 1 aliphatic rings. The Kier molecular flexibility index (Phi) is 3.63. The number of alkyl halides is 3. The molecule has 1 heterocycles. The van der Waals surface area contributed by atoms with Crippen LogP contribution in [0, 0.1) is 0 Å². The molecule has 1 N–H and O–H groups in total. The van der Waals surface area contributed by atoms with Gasteiger partial charge >= 0.3 is 15.6 Å². The van der Waals surface area contributed by atoms with E-state index in [0.717, 1.165) is 12.1 Å². The monoisotopic (exact) mass is 309 g/mol. The van der Waals surface area contributed by atoms with Gasteiger partial charge in [0, 0.05) is 12.1 Å². The summed E-state index contributed by atoms with van der Waals surface area (Å²) in [4.78, 5) is 11.6. The summed E-state index contributed by atoms with van der Waals surface area (Å²) in [7, 11) is -5.70. The van der Waals surface area contributed by atoms with Gasteiger partial charge in [-0.3, -0.25) is 4.79 Å². The molecule has 1 aliphatic heterocycles. The Morgan fingerprint density at radius 1 is 1.25 bits per heavy atom. The van der Waals surface area contributed by atoms with Crippen molar-refractivity contribution >= 4 is 16.0 Å². The van der Waals surface area contributed by atoms with Crippen LogP contribution in [0.4, 0.5) is 13.2 Å². The molecule has 0 unspecified atom stereocenters. The number of nitrogens with one attached hydrogen (secondary N) is 1. The highest BCUT2D eigenvalue weighted by Crippen LogP contribution is 2.28. The molecule has 0 atom stereocenters. The summed E-state index contributed by atoms with van der Waals surface area (Å²) in [6, 6.07) is 3.41. The van der Waals surface area contributed by atoms with E-state index in [0.29, 0.717) is 30.5 Å². The zero-order valence-electron chi connectivity index (χ0n) is 10.0. The Morgan fingerprint density at radius 2 is 1.95 bits per heavy atom. The zero-order valence-corrected chi connectivity index (χ0v) is 10.8. The first-order valence-corrected chi connectivity index (χ1v) is 7.03. The lowest BCUT2D eigenvalue weighted by Crippen LogP contribution is -2.28. The predicted octanol–water partition coefficient (Wildman–Crippen LogP) is 1.59. The summed E-state index contributed by atoms with van der Waals surface area (Å²) in [5.41, 5.74) is -4.73. The lowest BCUT2D eigenvalue weighted by molar-refractivity contribution is -0.0500. The molecule has 0 aliphatic carbocycles. The molecular formula is C11H10F3NO4S. The standard InChI is InChI=1S/C11H10F3NO4S/c12-11(13,14)20(17,18)19-8-3-4-9-7(6-8)2-1-5-15-10(9)16/h3-4,6H,1-2,5H2,(H,15,16). The van der Waals surface area contributed by atoms with Crippen molar-refractivity contribution in [3.8, 4) is 5.75 Å². The molecule has 5 nitrogen and oxygen atoms in total. The highest BCUT2D eigenvalue weighted by molar-refractivity contribution is 7.88. The highest BCUT2D eigenvalue weighted by atomic mass is 32.2. The molecule has 1 aromatic carbocycles. The summed E-state index contributed by atoms with van der Waals surface area (Å²) in [6.07, 6.45) is 1.05. The summed E-state index contributed by atoms with van der Waals surface area (Å²) in [5, 5.41) is 2.61. The van der Waals surface area contributed by atoms with Crippen LogP contribution in [0.25, 0.3) is 0 Å². The van der Waals surface area contributed by atoms with Crippen molar-refractivity contribution in [3.05, 3.63) is 29.3 Å². The van der Waals surface area contributed by atoms with E-state index in [4.69, 9.17) is 0 Å². The van der Waals surface area contributed by atoms with Crippen LogP contribution in [0.2, 0.25) is 0 Å². The molecule has 2 rings (SSSR count). The number of benzene rings is 1. The van der Waals surface area contributed by atoms with Crippen LogP contribution in [0.15, 0.2) is 18.2 Å². The Hall–Kier alpha value is -1.77. The van der Waals surface area contributed by atoms with Crippen LogP contribution in [0.5, 0.6) is 5.75 Å². The molecule has 0 radical (unpaired) electrons. The molecule has 110 valence electrons. The van der Waals surface area contributed by atoms with Crippen molar-refractivity contribution in [1.29, 1.82) is 0 Å². The van der Waals surface area contributed by atoms with E-state index in [2.05, 4.69) is 9.50 Å². The molecule has 20 heavy (non-hydrogen) atoms. The number of aryl methyl sites for hydroxylation is 1. The Bertz CT molecular complexity index is 640. The first-order chi connectivity index (χ1) is 9.21. The fourth-order valence-electron chi connectivity index (χ4n) is 1.80. The Balaban J connectivity index is 2.33. The first-order valence-electron chi connectivity index (χ1n) is 5.62. The largest absolute Gasteiger partial charge is 0.534 e. The average Bonchev–Trinajstić information content (AvgIpc) is 2.49. The molecule has 9 heteroatoms. The minimum absolute atomic E-state index is 0.305. The first kappa shape index (κ1) is 14.6. The minimum Gasteiger partial charge on any atom is -0.376 e. The number of rotatable bonds is 2. The summed E-state index contributed by atoms with van der Waals surface area (Å²) in [6.45, 7) is 0.449. The molecule has 0 fully saturated rings. The van der Waals surface area contributed by atoms with Gasteiger partial charge in [-0.05, 0) is 36.6 Å². The second-order valence-corrected chi connectivity index (χ2v) is 5.70. The van der Waals surface area contributed by atoms with Crippen LogP contribution in [0.1, 0.15) is 22.3 Å². The van der Waals surface area contributed by atoms with Gasteiger partial charge in [-0.1, -0.05) is 0 Å². The Morgan fingerprint density at radius 3 is 2.60 bits per heavy atom. The van der Waals surface area contributed by atoms with Gasteiger partial charge in [0.2, 0.25) is 0 Å². The second kappa shape index (κ2) is 4.97. The number of carbonyl (C=O) groups excluding carboxylic acids is 1. The molecule has 0 saturated heterocycles. The van der Waals surface area contributed by atoms with Gasteiger partial charge < -0.3 is 9.50 Å². The van der Waals surface area contributed by atoms with E-state index in [1.165, 1.54) is 6.07 Å². The Labute approximate surface area is 112 Å². The van der Waals surface area contributed by atoms with Crippen molar-refractivity contribution < 1.29 is 30.6 Å². The van der Waals surface area contributed by atoms with Gasteiger partial charge in [-0.2, -0.15) is 21.6 Å². The van der Waals surface area contributed by atoms with E-state index < -0.39 is 21.4 Å². The zero-order chi connectivity index (χ0) is 15.0. The molecule has 0 bridgehead atoms. The third kappa shape index (κ3) is 2.87.